The Morgan fingerprint density at radius 3 is 1.69 bits per heavy atom. The summed E-state index contributed by atoms with van der Waals surface area (Å²) >= 11 is 1.95. The Bertz CT molecular complexity index is 1910. The molecule has 2 heteroatoms. The second kappa shape index (κ2) is 21.4. The number of benzene rings is 5. The molecule has 0 N–H and O–H groups in total. The molecule has 1 aliphatic rings. The van der Waals surface area contributed by atoms with Gasteiger partial charge in [0, 0.05) is 22.0 Å². The summed E-state index contributed by atoms with van der Waals surface area (Å²) in [5, 5.41) is 2.39. The van der Waals surface area contributed by atoms with Crippen LogP contribution in [0.3, 0.4) is 0 Å². The number of hydrogen-bond donors (Lipinski definition) is 0. The van der Waals surface area contributed by atoms with Gasteiger partial charge in [-0.1, -0.05) is 147 Å². The van der Waals surface area contributed by atoms with Crippen molar-refractivity contribution in [1.82, 2.24) is 4.98 Å². The Morgan fingerprint density at radius 2 is 1.10 bits per heavy atom. The van der Waals surface area contributed by atoms with Gasteiger partial charge >= 0.3 is 0 Å². The quantitative estimate of drug-likeness (QED) is 0.0982. The van der Waals surface area contributed by atoms with Crippen LogP contribution in [0.25, 0.3) is 55.4 Å². The molecule has 1 unspecified atom stereocenters. The summed E-state index contributed by atoms with van der Waals surface area (Å²) < 4.78 is 0. The van der Waals surface area contributed by atoms with Crippen molar-refractivity contribution in [2.45, 2.75) is 98.8 Å². The summed E-state index contributed by atoms with van der Waals surface area (Å²) in [7, 11) is 0. The van der Waals surface area contributed by atoms with Gasteiger partial charge in [-0.15, -0.1) is 11.8 Å². The first-order valence-electron chi connectivity index (χ1n) is 19.9. The van der Waals surface area contributed by atoms with Gasteiger partial charge in [0.05, 0.1) is 5.69 Å². The number of rotatable bonds is 11. The number of thioether (sulfide) groups is 1. The van der Waals surface area contributed by atoms with E-state index in [0.717, 1.165) is 29.5 Å². The van der Waals surface area contributed by atoms with E-state index in [2.05, 4.69) is 149 Å². The van der Waals surface area contributed by atoms with Crippen LogP contribution >= 0.6 is 11.8 Å². The van der Waals surface area contributed by atoms with Crippen LogP contribution in [0.1, 0.15) is 93.1 Å². The van der Waals surface area contributed by atoms with Crippen LogP contribution in [-0.4, -0.2) is 10.7 Å². The van der Waals surface area contributed by atoms with Crippen molar-refractivity contribution in [2.24, 2.45) is 11.8 Å². The molecule has 272 valence electrons. The smallest absolute Gasteiger partial charge is 0.0780 e. The first-order chi connectivity index (χ1) is 25.5. The van der Waals surface area contributed by atoms with E-state index < -0.39 is 0 Å². The van der Waals surface area contributed by atoms with Crippen molar-refractivity contribution in [3.63, 3.8) is 0 Å². The summed E-state index contributed by atoms with van der Waals surface area (Å²) in [5.74, 6) is 3.27. The van der Waals surface area contributed by atoms with Gasteiger partial charge in [-0.2, -0.15) is 0 Å². The highest BCUT2D eigenvalue weighted by atomic mass is 32.2. The van der Waals surface area contributed by atoms with Gasteiger partial charge in [0.1, 0.15) is 0 Å². The Morgan fingerprint density at radius 1 is 0.558 bits per heavy atom. The highest BCUT2D eigenvalue weighted by Gasteiger charge is 2.26. The Balaban J connectivity index is 0.000000603. The van der Waals surface area contributed by atoms with Gasteiger partial charge in [0.25, 0.3) is 0 Å². The second-order valence-corrected chi connectivity index (χ2v) is 14.6. The lowest BCUT2D eigenvalue weighted by Crippen LogP contribution is -1.90. The van der Waals surface area contributed by atoms with Crippen LogP contribution in [0.5, 0.6) is 0 Å². The summed E-state index contributed by atoms with van der Waals surface area (Å²) in [4.78, 5) is 6.14. The van der Waals surface area contributed by atoms with Crippen molar-refractivity contribution in [2.75, 3.05) is 5.75 Å². The van der Waals surface area contributed by atoms with Crippen LogP contribution in [0.4, 0.5) is 0 Å². The molecule has 6 aromatic rings. The second-order valence-electron chi connectivity index (χ2n) is 13.5. The van der Waals surface area contributed by atoms with Gasteiger partial charge in [-0.05, 0) is 130 Å². The summed E-state index contributed by atoms with van der Waals surface area (Å²) in [6.45, 7) is 17.1. The molecule has 0 amide bonds. The molecule has 2 atom stereocenters. The maximum atomic E-state index is 4.80. The average molecular weight is 708 g/mol. The molecule has 1 aliphatic carbocycles. The molecule has 7 rings (SSSR count). The number of pyridine rings is 1. The van der Waals surface area contributed by atoms with E-state index in [1.54, 1.807) is 0 Å². The number of unbranched alkanes of at least 4 members (excludes halogenated alkanes) is 2. The average Bonchev–Trinajstić information content (AvgIpc) is 3.89. The topological polar surface area (TPSA) is 12.9 Å². The third kappa shape index (κ3) is 11.4. The molecular formula is C50H61NS. The largest absolute Gasteiger partial charge is 0.256 e. The number of nitrogens with zero attached hydrogens (tertiary/aromatic N) is 1. The monoisotopic (exact) mass is 707 g/mol. The highest BCUT2D eigenvalue weighted by Crippen LogP contribution is 2.37. The van der Waals surface area contributed by atoms with Crippen LogP contribution in [0.15, 0.2) is 132 Å². The van der Waals surface area contributed by atoms with Crippen LogP contribution in [0.2, 0.25) is 0 Å². The fourth-order valence-electron chi connectivity index (χ4n) is 6.15. The standard InChI is InChI=1S/C41H39NS.C5H10.2C2H6/c1-3-5-10-30-15-17-31(18-16-30)36-27-37(32-19-21-39(22-20-32)43-25-6-4-2)29-38(28-36)34-12-9-13-35(26-34)41-40-14-8-7-11-33(40)23-24-42-41;1-4-3-5(4)2;2*1-2/h7-9,11-24,26-29H,3-6,10,25H2,1-2H3;4-5H,3H2,1-2H3;2*1-2H3/t;4-,5?;;/m.0../s1. The van der Waals surface area contributed by atoms with Gasteiger partial charge in [-0.25, -0.2) is 0 Å². The van der Waals surface area contributed by atoms with Gasteiger partial charge < -0.3 is 0 Å². The van der Waals surface area contributed by atoms with E-state index in [0.29, 0.717) is 0 Å². The molecule has 1 nitrogen and oxygen atoms in total. The molecule has 1 saturated carbocycles. The number of aryl methyl sites for hydroxylation is 1. The van der Waals surface area contributed by atoms with Gasteiger partial charge in [-0.3, -0.25) is 4.98 Å². The van der Waals surface area contributed by atoms with Crippen molar-refractivity contribution in [1.29, 1.82) is 0 Å². The van der Waals surface area contributed by atoms with Crippen LogP contribution < -0.4 is 0 Å². The molecule has 1 heterocycles. The molecule has 1 aromatic heterocycles. The lowest BCUT2D eigenvalue weighted by molar-refractivity contribution is 0.795. The molecule has 5 aromatic carbocycles. The van der Waals surface area contributed by atoms with Crippen molar-refractivity contribution in [3.8, 4) is 44.6 Å². The van der Waals surface area contributed by atoms with E-state index >= 15 is 0 Å². The minimum Gasteiger partial charge on any atom is -0.256 e. The van der Waals surface area contributed by atoms with E-state index in [4.69, 9.17) is 4.98 Å². The molecular weight excluding hydrogens is 647 g/mol. The maximum absolute atomic E-state index is 4.80. The normalized spacial score (nSPS) is 14.2. The maximum Gasteiger partial charge on any atom is 0.0780 e. The zero-order valence-electron chi connectivity index (χ0n) is 33.1. The van der Waals surface area contributed by atoms with Crippen molar-refractivity contribution >= 4 is 22.5 Å². The summed E-state index contributed by atoms with van der Waals surface area (Å²) in [6.07, 6.45) is 9.46. The zero-order valence-corrected chi connectivity index (χ0v) is 33.9. The number of hydrogen-bond acceptors (Lipinski definition) is 2. The molecule has 52 heavy (non-hydrogen) atoms. The Labute approximate surface area is 320 Å². The van der Waals surface area contributed by atoms with Crippen LogP contribution in [0, 0.1) is 11.8 Å². The Kier molecular flexibility index (Phi) is 16.7. The lowest BCUT2D eigenvalue weighted by atomic mass is 9.92. The number of aromatic nitrogens is 1. The van der Waals surface area contributed by atoms with Gasteiger partial charge in [0.15, 0.2) is 0 Å². The SMILES string of the molecule is CC.CC.CC1C[C@@H]1C.CCCCSc1ccc(-c2cc(-c3ccc(CCCC)cc3)cc(-c3cccc(-c4nccc5ccccc45)c3)c2)cc1. The molecule has 0 spiro atoms. The Hall–Kier alpha value is -4.14. The van der Waals surface area contributed by atoms with E-state index in [9.17, 15) is 0 Å². The van der Waals surface area contributed by atoms with Crippen molar-refractivity contribution in [3.05, 3.63) is 133 Å². The summed E-state index contributed by atoms with van der Waals surface area (Å²) in [5.41, 5.74) is 11.0. The zero-order chi connectivity index (χ0) is 37.3. The van der Waals surface area contributed by atoms with Crippen LogP contribution in [-0.2, 0) is 6.42 Å². The third-order valence-corrected chi connectivity index (χ3v) is 10.7. The van der Waals surface area contributed by atoms with Gasteiger partial charge in [0.2, 0.25) is 0 Å². The molecule has 0 radical (unpaired) electrons. The first kappa shape index (κ1) is 40.6. The fourth-order valence-corrected chi connectivity index (χ4v) is 7.15. The number of fused-ring (bicyclic) bond motifs is 1. The molecule has 0 saturated heterocycles. The first-order valence-corrected chi connectivity index (χ1v) is 20.9. The highest BCUT2D eigenvalue weighted by molar-refractivity contribution is 7.99. The molecule has 0 bridgehead atoms. The van der Waals surface area contributed by atoms with Crippen molar-refractivity contribution < 1.29 is 0 Å². The minimum atomic E-state index is 1.02. The van der Waals surface area contributed by atoms with E-state index in [1.165, 1.54) is 92.5 Å². The predicted octanol–water partition coefficient (Wildman–Crippen LogP) is 15.9. The summed E-state index contributed by atoms with van der Waals surface area (Å²) in [6, 6.07) is 44.7. The lowest BCUT2D eigenvalue weighted by Gasteiger charge is -2.13. The fraction of sp³-hybridized carbons (Fsp3) is 0.340. The minimum absolute atomic E-state index is 1.02. The third-order valence-electron chi connectivity index (χ3n) is 9.65. The molecule has 0 aliphatic heterocycles. The van der Waals surface area contributed by atoms with E-state index in [1.807, 2.05) is 45.7 Å². The molecule has 1 fully saturated rings. The van der Waals surface area contributed by atoms with E-state index in [-0.39, 0.29) is 0 Å². The predicted molar refractivity (Wildman–Crippen MR) is 233 cm³/mol.